The zero-order chi connectivity index (χ0) is 14.2. The molecule has 0 fully saturated rings. The summed E-state index contributed by atoms with van der Waals surface area (Å²) in [6.45, 7) is 0.623. The fourth-order valence-corrected chi connectivity index (χ4v) is 1.87. The summed E-state index contributed by atoms with van der Waals surface area (Å²) in [6, 6.07) is 13.4. The number of benzene rings is 1. The molecule has 2 aromatic rings. The van der Waals surface area contributed by atoms with Gasteiger partial charge in [0.05, 0.1) is 13.5 Å². The second-order valence-corrected chi connectivity index (χ2v) is 4.45. The molecule has 1 aromatic heterocycles. The molecular formula is C16H18N2O2. The molecule has 1 heterocycles. The largest absolute Gasteiger partial charge is 0.497 e. The Hall–Kier alpha value is -2.36. The van der Waals surface area contributed by atoms with E-state index in [0.29, 0.717) is 13.0 Å². The molecule has 0 saturated carbocycles. The van der Waals surface area contributed by atoms with Crippen LogP contribution in [0.2, 0.25) is 0 Å². The zero-order valence-electron chi connectivity index (χ0n) is 11.5. The van der Waals surface area contributed by atoms with Crippen molar-refractivity contribution in [2.45, 2.75) is 12.8 Å². The van der Waals surface area contributed by atoms with Crippen LogP contribution in [0.1, 0.15) is 11.3 Å². The fraction of sp³-hybridized carbons (Fsp3) is 0.250. The highest BCUT2D eigenvalue weighted by Crippen LogP contribution is 2.11. The molecule has 0 aliphatic carbocycles. The van der Waals surface area contributed by atoms with Gasteiger partial charge in [-0.25, -0.2) is 0 Å². The summed E-state index contributed by atoms with van der Waals surface area (Å²) in [6.07, 6.45) is 2.82. The lowest BCUT2D eigenvalue weighted by atomic mass is 10.1. The van der Waals surface area contributed by atoms with Crippen LogP contribution in [0.15, 0.2) is 48.7 Å². The number of methoxy groups -OCH3 is 1. The Morgan fingerprint density at radius 1 is 1.20 bits per heavy atom. The van der Waals surface area contributed by atoms with Crippen LogP contribution < -0.4 is 10.1 Å². The molecule has 1 amide bonds. The molecule has 0 aliphatic heterocycles. The van der Waals surface area contributed by atoms with Gasteiger partial charge in [0.2, 0.25) is 5.91 Å². The van der Waals surface area contributed by atoms with E-state index in [9.17, 15) is 4.79 Å². The summed E-state index contributed by atoms with van der Waals surface area (Å²) in [7, 11) is 1.65. The van der Waals surface area contributed by atoms with Crippen molar-refractivity contribution in [1.29, 1.82) is 0 Å². The van der Waals surface area contributed by atoms with Gasteiger partial charge in [-0.1, -0.05) is 18.2 Å². The smallest absolute Gasteiger partial charge is 0.226 e. The average molecular weight is 270 g/mol. The molecule has 0 atom stereocenters. The number of nitrogens with one attached hydrogen (secondary N) is 1. The zero-order valence-corrected chi connectivity index (χ0v) is 11.5. The van der Waals surface area contributed by atoms with Crippen LogP contribution in [0.5, 0.6) is 5.75 Å². The number of nitrogens with zero attached hydrogens (tertiary/aromatic N) is 1. The van der Waals surface area contributed by atoms with Gasteiger partial charge in [0.15, 0.2) is 0 Å². The molecule has 0 saturated heterocycles. The molecule has 0 bridgehead atoms. The number of rotatable bonds is 6. The fourth-order valence-electron chi connectivity index (χ4n) is 1.87. The second kappa shape index (κ2) is 7.28. The molecule has 0 aliphatic rings. The van der Waals surface area contributed by atoms with Crippen molar-refractivity contribution in [3.05, 3.63) is 59.9 Å². The van der Waals surface area contributed by atoms with E-state index in [4.69, 9.17) is 4.74 Å². The van der Waals surface area contributed by atoms with Crippen molar-refractivity contribution in [3.8, 4) is 5.75 Å². The molecule has 1 N–H and O–H groups in total. The van der Waals surface area contributed by atoms with Gasteiger partial charge in [-0.2, -0.15) is 0 Å². The summed E-state index contributed by atoms with van der Waals surface area (Å²) in [5.74, 6) is 0.838. The maximum absolute atomic E-state index is 11.7. The molecule has 0 radical (unpaired) electrons. The third kappa shape index (κ3) is 4.39. The van der Waals surface area contributed by atoms with Gasteiger partial charge in [0, 0.05) is 18.4 Å². The van der Waals surface area contributed by atoms with Crippen molar-refractivity contribution in [1.82, 2.24) is 10.3 Å². The SMILES string of the molecule is COc1ccc(CCNC(=O)Cc2ccccn2)cc1. The van der Waals surface area contributed by atoms with Crippen molar-refractivity contribution >= 4 is 5.91 Å². The van der Waals surface area contributed by atoms with Gasteiger partial charge >= 0.3 is 0 Å². The van der Waals surface area contributed by atoms with Gasteiger partial charge < -0.3 is 10.1 Å². The highest BCUT2D eigenvalue weighted by Gasteiger charge is 2.03. The maximum atomic E-state index is 11.7. The van der Waals surface area contributed by atoms with Crippen LogP contribution in [0.4, 0.5) is 0 Å². The highest BCUT2D eigenvalue weighted by molar-refractivity contribution is 5.78. The van der Waals surface area contributed by atoms with E-state index >= 15 is 0 Å². The van der Waals surface area contributed by atoms with Gasteiger partial charge in [-0.05, 0) is 36.2 Å². The molecule has 0 spiro atoms. The first-order chi connectivity index (χ1) is 9.78. The Kier molecular flexibility index (Phi) is 5.12. The quantitative estimate of drug-likeness (QED) is 0.873. The summed E-state index contributed by atoms with van der Waals surface area (Å²) in [4.78, 5) is 15.9. The van der Waals surface area contributed by atoms with E-state index < -0.39 is 0 Å². The minimum atomic E-state index is -0.00258. The summed E-state index contributed by atoms with van der Waals surface area (Å²) < 4.78 is 5.10. The van der Waals surface area contributed by atoms with E-state index in [1.165, 1.54) is 5.56 Å². The molecule has 4 heteroatoms. The predicted molar refractivity (Wildman–Crippen MR) is 77.6 cm³/mol. The number of amides is 1. The number of pyridine rings is 1. The van der Waals surface area contributed by atoms with E-state index in [1.54, 1.807) is 13.3 Å². The molecule has 0 unspecified atom stereocenters. The van der Waals surface area contributed by atoms with Crippen LogP contribution in [0, 0.1) is 0 Å². The van der Waals surface area contributed by atoms with Crippen molar-refractivity contribution in [2.75, 3.05) is 13.7 Å². The number of hydrogen-bond acceptors (Lipinski definition) is 3. The third-order valence-corrected chi connectivity index (χ3v) is 2.96. The molecule has 2 rings (SSSR count). The normalized spacial score (nSPS) is 10.1. The Morgan fingerprint density at radius 3 is 2.65 bits per heavy atom. The number of hydrogen-bond donors (Lipinski definition) is 1. The van der Waals surface area contributed by atoms with Crippen LogP contribution in [-0.4, -0.2) is 24.5 Å². The van der Waals surface area contributed by atoms with Gasteiger partial charge in [0.1, 0.15) is 5.75 Å². The topological polar surface area (TPSA) is 51.2 Å². The lowest BCUT2D eigenvalue weighted by Crippen LogP contribution is -2.27. The van der Waals surface area contributed by atoms with E-state index in [0.717, 1.165) is 17.9 Å². The summed E-state index contributed by atoms with van der Waals surface area (Å²) in [5, 5.41) is 2.90. The van der Waals surface area contributed by atoms with Gasteiger partial charge in [-0.3, -0.25) is 9.78 Å². The van der Waals surface area contributed by atoms with E-state index in [2.05, 4.69) is 10.3 Å². The number of ether oxygens (including phenoxy) is 1. The highest BCUT2D eigenvalue weighted by atomic mass is 16.5. The Labute approximate surface area is 118 Å². The maximum Gasteiger partial charge on any atom is 0.226 e. The minimum absolute atomic E-state index is 0.00258. The molecule has 1 aromatic carbocycles. The summed E-state index contributed by atoms with van der Waals surface area (Å²) in [5.41, 5.74) is 1.96. The minimum Gasteiger partial charge on any atom is -0.497 e. The number of carbonyl (C=O) groups is 1. The van der Waals surface area contributed by atoms with Crippen LogP contribution >= 0.6 is 0 Å². The van der Waals surface area contributed by atoms with Crippen molar-refractivity contribution in [3.63, 3.8) is 0 Å². The first-order valence-corrected chi connectivity index (χ1v) is 6.57. The van der Waals surface area contributed by atoms with Crippen molar-refractivity contribution in [2.24, 2.45) is 0 Å². The molecule has 20 heavy (non-hydrogen) atoms. The number of carbonyl (C=O) groups excluding carboxylic acids is 1. The number of aromatic nitrogens is 1. The average Bonchev–Trinajstić information content (AvgIpc) is 2.49. The molecule has 4 nitrogen and oxygen atoms in total. The van der Waals surface area contributed by atoms with Crippen LogP contribution in [0.25, 0.3) is 0 Å². The Bertz CT molecular complexity index is 538. The first kappa shape index (κ1) is 14.1. The third-order valence-electron chi connectivity index (χ3n) is 2.96. The van der Waals surface area contributed by atoms with Crippen LogP contribution in [0.3, 0.4) is 0 Å². The monoisotopic (exact) mass is 270 g/mol. The molecular weight excluding hydrogens is 252 g/mol. The van der Waals surface area contributed by atoms with Gasteiger partial charge in [-0.15, -0.1) is 0 Å². The van der Waals surface area contributed by atoms with Gasteiger partial charge in [0.25, 0.3) is 0 Å². The summed E-state index contributed by atoms with van der Waals surface area (Å²) >= 11 is 0. The lowest BCUT2D eigenvalue weighted by Gasteiger charge is -2.06. The van der Waals surface area contributed by atoms with Crippen molar-refractivity contribution < 1.29 is 9.53 Å². The van der Waals surface area contributed by atoms with Crippen LogP contribution in [-0.2, 0) is 17.6 Å². The van der Waals surface area contributed by atoms with E-state index in [-0.39, 0.29) is 5.91 Å². The Balaban J connectivity index is 1.73. The standard InChI is InChI=1S/C16H18N2O2/c1-20-15-7-5-13(6-8-15)9-11-18-16(19)12-14-4-2-3-10-17-14/h2-8,10H,9,11-12H2,1H3,(H,18,19). The lowest BCUT2D eigenvalue weighted by molar-refractivity contribution is -0.120. The van der Waals surface area contributed by atoms with E-state index in [1.807, 2.05) is 42.5 Å². The molecule has 104 valence electrons. The first-order valence-electron chi connectivity index (χ1n) is 6.57. The second-order valence-electron chi connectivity index (χ2n) is 4.45. The predicted octanol–water partition coefficient (Wildman–Crippen LogP) is 1.99. The Morgan fingerprint density at radius 2 is 2.00 bits per heavy atom.